The van der Waals surface area contributed by atoms with E-state index in [4.69, 9.17) is 4.42 Å². The maximum Gasteiger partial charge on any atom is 0.306 e. The van der Waals surface area contributed by atoms with E-state index >= 15 is 0 Å². The summed E-state index contributed by atoms with van der Waals surface area (Å²) in [6, 6.07) is 3.46. The summed E-state index contributed by atoms with van der Waals surface area (Å²) in [5, 5.41) is 12.0. The van der Waals surface area contributed by atoms with Gasteiger partial charge in [-0.1, -0.05) is 12.8 Å². The molecule has 1 amide bonds. The van der Waals surface area contributed by atoms with Crippen molar-refractivity contribution >= 4 is 23.6 Å². The molecule has 0 spiro atoms. The van der Waals surface area contributed by atoms with Gasteiger partial charge >= 0.3 is 5.97 Å². The van der Waals surface area contributed by atoms with Gasteiger partial charge in [-0.3, -0.25) is 9.59 Å². The largest absolute Gasteiger partial charge is 0.481 e. The second kappa shape index (κ2) is 7.54. The summed E-state index contributed by atoms with van der Waals surface area (Å²) >= 11 is 1.63. The predicted molar refractivity (Wildman–Crippen MR) is 81.3 cm³/mol. The molecule has 21 heavy (non-hydrogen) atoms. The van der Waals surface area contributed by atoms with Crippen molar-refractivity contribution in [3.63, 3.8) is 0 Å². The highest BCUT2D eigenvalue weighted by Gasteiger charge is 2.31. The number of carboxylic acid groups (broad SMARTS) is 1. The van der Waals surface area contributed by atoms with Crippen LogP contribution in [0.25, 0.3) is 0 Å². The van der Waals surface area contributed by atoms with E-state index in [1.165, 1.54) is 0 Å². The quantitative estimate of drug-likeness (QED) is 0.844. The van der Waals surface area contributed by atoms with E-state index in [1.807, 2.05) is 6.26 Å². The third-order valence-corrected chi connectivity index (χ3v) is 4.50. The summed E-state index contributed by atoms with van der Waals surface area (Å²) in [5.74, 6) is 0.446. The smallest absolute Gasteiger partial charge is 0.306 e. The van der Waals surface area contributed by atoms with Crippen LogP contribution in [0.3, 0.4) is 0 Å². The van der Waals surface area contributed by atoms with E-state index in [9.17, 15) is 14.7 Å². The van der Waals surface area contributed by atoms with Gasteiger partial charge in [-0.2, -0.15) is 11.8 Å². The minimum Gasteiger partial charge on any atom is -0.481 e. The zero-order chi connectivity index (χ0) is 15.2. The summed E-state index contributed by atoms with van der Waals surface area (Å²) in [6.07, 6.45) is 5.51. The molecule has 1 heterocycles. The number of furan rings is 1. The van der Waals surface area contributed by atoms with E-state index < -0.39 is 5.97 Å². The van der Waals surface area contributed by atoms with Crippen LogP contribution in [0, 0.1) is 11.8 Å². The van der Waals surface area contributed by atoms with Crippen molar-refractivity contribution in [3.8, 4) is 0 Å². The lowest BCUT2D eigenvalue weighted by Gasteiger charge is -2.28. The summed E-state index contributed by atoms with van der Waals surface area (Å²) in [5.41, 5.74) is 0. The average molecular weight is 311 g/mol. The Hall–Kier alpha value is -1.43. The minimum absolute atomic E-state index is 0.0147. The molecule has 1 aliphatic carbocycles. The van der Waals surface area contributed by atoms with Crippen molar-refractivity contribution in [1.82, 2.24) is 5.32 Å². The van der Waals surface area contributed by atoms with Gasteiger partial charge in [0, 0.05) is 6.54 Å². The van der Waals surface area contributed by atoms with Crippen molar-refractivity contribution in [3.05, 3.63) is 23.7 Å². The Labute approximate surface area is 128 Å². The van der Waals surface area contributed by atoms with E-state index in [0.717, 1.165) is 30.8 Å². The van der Waals surface area contributed by atoms with Crippen LogP contribution in [0.4, 0.5) is 0 Å². The summed E-state index contributed by atoms with van der Waals surface area (Å²) in [6.45, 7) is 0.397. The number of hydrogen-bond donors (Lipinski definition) is 2. The van der Waals surface area contributed by atoms with Crippen molar-refractivity contribution < 1.29 is 19.1 Å². The molecule has 6 heteroatoms. The number of amides is 1. The Morgan fingerprint density at radius 1 is 1.38 bits per heavy atom. The van der Waals surface area contributed by atoms with E-state index in [2.05, 4.69) is 5.32 Å². The third kappa shape index (κ3) is 4.27. The third-order valence-electron chi connectivity index (χ3n) is 3.92. The van der Waals surface area contributed by atoms with E-state index in [-0.39, 0.29) is 17.7 Å². The highest BCUT2D eigenvalue weighted by molar-refractivity contribution is 7.97. The first kappa shape index (κ1) is 15.9. The first-order valence-electron chi connectivity index (χ1n) is 7.20. The number of nitrogens with one attached hydrogen (secondary N) is 1. The van der Waals surface area contributed by atoms with Crippen LogP contribution < -0.4 is 5.32 Å². The van der Waals surface area contributed by atoms with Gasteiger partial charge in [0.2, 0.25) is 0 Å². The fourth-order valence-electron chi connectivity index (χ4n) is 2.81. The molecule has 0 bridgehead atoms. The molecule has 1 fully saturated rings. The molecule has 0 saturated heterocycles. The Bertz CT molecular complexity index is 500. The van der Waals surface area contributed by atoms with Gasteiger partial charge in [-0.15, -0.1) is 0 Å². The van der Waals surface area contributed by atoms with E-state index in [1.54, 1.807) is 23.9 Å². The van der Waals surface area contributed by atoms with Gasteiger partial charge in [-0.25, -0.2) is 0 Å². The van der Waals surface area contributed by atoms with Gasteiger partial charge in [0.1, 0.15) is 5.76 Å². The maximum absolute atomic E-state index is 12.0. The summed E-state index contributed by atoms with van der Waals surface area (Å²) in [4.78, 5) is 23.2. The molecule has 0 radical (unpaired) electrons. The van der Waals surface area contributed by atoms with Crippen LogP contribution in [0.2, 0.25) is 0 Å². The molecule has 0 aromatic carbocycles. The van der Waals surface area contributed by atoms with Gasteiger partial charge in [0.15, 0.2) is 5.76 Å². The van der Waals surface area contributed by atoms with Gasteiger partial charge in [0.05, 0.1) is 11.7 Å². The fourth-order valence-corrected chi connectivity index (χ4v) is 3.25. The number of carboxylic acids is 1. The molecule has 2 rings (SSSR count). The summed E-state index contributed by atoms with van der Waals surface area (Å²) < 4.78 is 5.45. The minimum atomic E-state index is -0.755. The first-order chi connectivity index (χ1) is 10.1. The molecule has 1 aromatic heterocycles. The average Bonchev–Trinajstić information content (AvgIpc) is 2.94. The molecule has 2 atom stereocenters. The summed E-state index contributed by atoms with van der Waals surface area (Å²) in [7, 11) is 0. The van der Waals surface area contributed by atoms with Crippen LogP contribution >= 0.6 is 11.8 Å². The van der Waals surface area contributed by atoms with Gasteiger partial charge in [-0.05, 0) is 37.1 Å². The van der Waals surface area contributed by atoms with Crippen LogP contribution in [-0.4, -0.2) is 29.8 Å². The monoisotopic (exact) mass is 311 g/mol. The molecule has 5 nitrogen and oxygen atoms in total. The molecule has 116 valence electrons. The Morgan fingerprint density at radius 2 is 2.14 bits per heavy atom. The lowest BCUT2D eigenvalue weighted by Crippen LogP contribution is -2.37. The van der Waals surface area contributed by atoms with Crippen molar-refractivity contribution in [2.24, 2.45) is 11.8 Å². The first-order valence-corrected chi connectivity index (χ1v) is 8.60. The van der Waals surface area contributed by atoms with Crippen molar-refractivity contribution in [1.29, 1.82) is 0 Å². The van der Waals surface area contributed by atoms with Crippen LogP contribution in [0.15, 0.2) is 16.5 Å². The number of hydrogen-bond acceptors (Lipinski definition) is 4. The molecular weight excluding hydrogens is 290 g/mol. The number of thioether (sulfide) groups is 1. The van der Waals surface area contributed by atoms with Gasteiger partial charge < -0.3 is 14.8 Å². The number of carbonyl (C=O) groups excluding carboxylic acids is 1. The predicted octanol–water partition coefficient (Wildman–Crippen LogP) is 2.76. The Kier molecular flexibility index (Phi) is 5.73. The second-order valence-corrected chi connectivity index (χ2v) is 6.26. The zero-order valence-corrected chi connectivity index (χ0v) is 12.9. The lowest BCUT2D eigenvalue weighted by molar-refractivity contribution is -0.144. The standard InChI is InChI=1S/C15H21NO4S/c1-21-9-11-6-7-13(20-11)14(17)16-8-10-4-2-3-5-12(10)15(18)19/h6-7,10,12H,2-5,8-9H2,1H3,(H,16,17)(H,18,19). The van der Waals surface area contributed by atoms with Crippen LogP contribution in [0.1, 0.15) is 42.0 Å². The fraction of sp³-hybridized carbons (Fsp3) is 0.600. The topological polar surface area (TPSA) is 79.5 Å². The van der Waals surface area contributed by atoms with Gasteiger partial charge in [0.25, 0.3) is 5.91 Å². The molecule has 1 aromatic rings. The molecule has 2 unspecified atom stereocenters. The number of carbonyl (C=O) groups is 2. The number of rotatable bonds is 6. The Balaban J connectivity index is 1.88. The van der Waals surface area contributed by atoms with E-state index in [0.29, 0.717) is 18.7 Å². The zero-order valence-electron chi connectivity index (χ0n) is 12.1. The lowest BCUT2D eigenvalue weighted by atomic mass is 9.79. The highest BCUT2D eigenvalue weighted by atomic mass is 32.2. The number of aliphatic carboxylic acids is 1. The highest BCUT2D eigenvalue weighted by Crippen LogP contribution is 2.29. The molecule has 1 aliphatic rings. The molecule has 1 saturated carbocycles. The Morgan fingerprint density at radius 3 is 2.86 bits per heavy atom. The maximum atomic E-state index is 12.0. The van der Waals surface area contributed by atoms with Crippen molar-refractivity contribution in [2.45, 2.75) is 31.4 Å². The normalized spacial score (nSPS) is 22.0. The van der Waals surface area contributed by atoms with Crippen LogP contribution in [-0.2, 0) is 10.5 Å². The SMILES string of the molecule is CSCc1ccc(C(=O)NCC2CCCCC2C(=O)O)o1. The molecular formula is C15H21NO4S. The molecule has 2 N–H and O–H groups in total. The van der Waals surface area contributed by atoms with Crippen LogP contribution in [0.5, 0.6) is 0 Å². The molecule has 0 aliphatic heterocycles. The second-order valence-electron chi connectivity index (χ2n) is 5.40. The van der Waals surface area contributed by atoms with Crippen molar-refractivity contribution in [2.75, 3.05) is 12.8 Å².